The number of hydrogen-bond acceptors (Lipinski definition) is 7. The number of aryl methyl sites for hydroxylation is 1. The first-order valence-electron chi connectivity index (χ1n) is 9.83. The van der Waals surface area contributed by atoms with Gasteiger partial charge in [0.25, 0.3) is 5.91 Å². The number of hydrogen-bond donors (Lipinski definition) is 3. The second-order valence-corrected chi connectivity index (χ2v) is 9.00. The number of ether oxygens (including phenoxy) is 1. The van der Waals surface area contributed by atoms with Crippen molar-refractivity contribution < 1.29 is 23.1 Å². The number of amides is 1. The molecular formula is C20H23N5O5S. The van der Waals surface area contributed by atoms with Crippen LogP contribution in [0.15, 0.2) is 34.7 Å². The number of likely N-dealkylation sites (tertiary alicyclic amines) is 1. The van der Waals surface area contributed by atoms with Crippen molar-refractivity contribution in [3.05, 3.63) is 47.2 Å². The summed E-state index contributed by atoms with van der Waals surface area (Å²) in [5.41, 5.74) is 7.55. The van der Waals surface area contributed by atoms with Gasteiger partial charge in [-0.25, -0.2) is 4.98 Å². The maximum absolute atomic E-state index is 12.9. The average molecular weight is 446 g/mol. The number of carbonyl (C=O) groups is 1. The molecule has 2 aliphatic heterocycles. The number of fused-ring (bicyclic) bond motifs is 1. The minimum atomic E-state index is -3.86. The quantitative estimate of drug-likeness (QED) is 0.644. The van der Waals surface area contributed by atoms with Gasteiger partial charge in [-0.05, 0) is 38.0 Å². The monoisotopic (exact) mass is 445 g/mol. The van der Waals surface area contributed by atoms with E-state index in [0.717, 1.165) is 12.8 Å². The zero-order valence-electron chi connectivity index (χ0n) is 16.9. The summed E-state index contributed by atoms with van der Waals surface area (Å²) < 4.78 is 35.2. The highest BCUT2D eigenvalue weighted by Crippen LogP contribution is 2.31. The minimum Gasteiger partial charge on any atom is -0.493 e. The van der Waals surface area contributed by atoms with Gasteiger partial charge in [-0.2, -0.15) is 8.42 Å². The molecule has 1 aromatic heterocycles. The SMILES string of the molecule is Cc1cc(C(=O)N2CCC[C@H](COc3cccc4c3C(N)=NS(=O)(=O)N4)C2)cc(O)n1. The summed E-state index contributed by atoms with van der Waals surface area (Å²) in [6.45, 7) is 3.19. The summed E-state index contributed by atoms with van der Waals surface area (Å²) in [5, 5.41) is 9.69. The highest BCUT2D eigenvalue weighted by molar-refractivity contribution is 7.91. The van der Waals surface area contributed by atoms with Gasteiger partial charge in [0.2, 0.25) is 5.88 Å². The Labute approximate surface area is 179 Å². The number of aromatic nitrogens is 1. The molecule has 0 aliphatic carbocycles. The zero-order valence-corrected chi connectivity index (χ0v) is 17.7. The van der Waals surface area contributed by atoms with Gasteiger partial charge in [-0.3, -0.25) is 9.52 Å². The second kappa shape index (κ2) is 8.06. The van der Waals surface area contributed by atoms with Gasteiger partial charge in [0.05, 0.1) is 17.9 Å². The Morgan fingerprint density at radius 2 is 2.19 bits per heavy atom. The number of amidine groups is 1. The van der Waals surface area contributed by atoms with Crippen LogP contribution in [0.1, 0.15) is 34.5 Å². The Hall–Kier alpha value is -3.34. The standard InChI is InChI=1S/C20H23N5O5S/c1-12-8-14(9-17(26)22-12)20(27)25-7-3-4-13(10-25)11-30-16-6-2-5-15-18(16)19(21)24-31(28,29)23-15/h2,5-6,8-9,13,23H,3-4,7,10-11H2,1H3,(H2,21,24)(H,22,26)/t13-/m0/s1. The van der Waals surface area contributed by atoms with Gasteiger partial charge < -0.3 is 20.5 Å². The lowest BCUT2D eigenvalue weighted by molar-refractivity contribution is 0.0632. The van der Waals surface area contributed by atoms with Crippen molar-refractivity contribution in [3.8, 4) is 11.6 Å². The highest BCUT2D eigenvalue weighted by Gasteiger charge is 2.27. The summed E-state index contributed by atoms with van der Waals surface area (Å²) in [6, 6.07) is 7.99. The van der Waals surface area contributed by atoms with Crippen molar-refractivity contribution in [2.45, 2.75) is 19.8 Å². The van der Waals surface area contributed by atoms with Crippen molar-refractivity contribution in [1.29, 1.82) is 0 Å². The average Bonchev–Trinajstić information content (AvgIpc) is 2.70. The highest BCUT2D eigenvalue weighted by atomic mass is 32.2. The van der Waals surface area contributed by atoms with Gasteiger partial charge >= 0.3 is 10.2 Å². The Bertz CT molecular complexity index is 1140. The third-order valence-electron chi connectivity index (χ3n) is 5.21. The van der Waals surface area contributed by atoms with Crippen LogP contribution < -0.4 is 15.2 Å². The summed E-state index contributed by atoms with van der Waals surface area (Å²) >= 11 is 0. The fourth-order valence-electron chi connectivity index (χ4n) is 3.89. The van der Waals surface area contributed by atoms with E-state index < -0.39 is 10.2 Å². The van der Waals surface area contributed by atoms with E-state index in [4.69, 9.17) is 10.5 Å². The van der Waals surface area contributed by atoms with Crippen molar-refractivity contribution >= 4 is 27.6 Å². The van der Waals surface area contributed by atoms with Crippen molar-refractivity contribution in [3.63, 3.8) is 0 Å². The Morgan fingerprint density at radius 3 is 2.97 bits per heavy atom. The van der Waals surface area contributed by atoms with E-state index in [0.29, 0.717) is 48.0 Å². The number of benzene rings is 1. The molecule has 4 N–H and O–H groups in total. The number of rotatable bonds is 4. The molecule has 0 spiro atoms. The van der Waals surface area contributed by atoms with Crippen molar-refractivity contribution in [1.82, 2.24) is 9.88 Å². The normalized spacial score (nSPS) is 19.7. The fourth-order valence-corrected chi connectivity index (χ4v) is 4.73. The summed E-state index contributed by atoms with van der Waals surface area (Å²) in [7, 11) is -3.86. The number of nitrogens with one attached hydrogen (secondary N) is 1. The van der Waals surface area contributed by atoms with Crippen LogP contribution in [0.5, 0.6) is 11.6 Å². The molecule has 10 nitrogen and oxygen atoms in total. The minimum absolute atomic E-state index is 0.0866. The molecule has 31 heavy (non-hydrogen) atoms. The van der Waals surface area contributed by atoms with Crippen LogP contribution in [0.4, 0.5) is 5.69 Å². The molecule has 11 heteroatoms. The summed E-state index contributed by atoms with van der Waals surface area (Å²) in [5.74, 6) is 0.0535. The lowest BCUT2D eigenvalue weighted by Crippen LogP contribution is -2.41. The molecule has 4 rings (SSSR count). The maximum Gasteiger partial charge on any atom is 0.344 e. The second-order valence-electron chi connectivity index (χ2n) is 7.66. The van der Waals surface area contributed by atoms with Crippen LogP contribution in [-0.4, -0.2) is 54.8 Å². The molecule has 1 saturated heterocycles. The maximum atomic E-state index is 12.9. The molecule has 1 atom stereocenters. The number of nitrogens with two attached hydrogens (primary N) is 1. The van der Waals surface area contributed by atoms with Crippen LogP contribution >= 0.6 is 0 Å². The Kier molecular flexibility index (Phi) is 5.44. The molecule has 0 radical (unpaired) electrons. The van der Waals surface area contributed by atoms with Crippen LogP contribution in [-0.2, 0) is 10.2 Å². The number of aromatic hydroxyl groups is 1. The number of nitrogens with zero attached hydrogens (tertiary/aromatic N) is 3. The smallest absolute Gasteiger partial charge is 0.344 e. The first-order valence-corrected chi connectivity index (χ1v) is 11.3. The summed E-state index contributed by atoms with van der Waals surface area (Å²) in [6.07, 6.45) is 1.71. The molecule has 2 aliphatic rings. The van der Waals surface area contributed by atoms with Crippen LogP contribution in [0.2, 0.25) is 0 Å². The zero-order chi connectivity index (χ0) is 22.2. The Morgan fingerprint density at radius 1 is 1.39 bits per heavy atom. The van der Waals surface area contributed by atoms with Crippen molar-refractivity contribution in [2.75, 3.05) is 24.4 Å². The van der Waals surface area contributed by atoms with E-state index in [1.165, 1.54) is 6.07 Å². The lowest BCUT2D eigenvalue weighted by atomic mass is 9.98. The van der Waals surface area contributed by atoms with E-state index in [-0.39, 0.29) is 23.5 Å². The molecule has 1 fully saturated rings. The summed E-state index contributed by atoms with van der Waals surface area (Å²) in [4.78, 5) is 18.5. The number of anilines is 1. The molecule has 164 valence electrons. The van der Waals surface area contributed by atoms with E-state index in [1.54, 1.807) is 36.1 Å². The molecule has 0 saturated carbocycles. The number of pyridine rings is 1. The van der Waals surface area contributed by atoms with Crippen LogP contribution in [0.3, 0.4) is 0 Å². The molecule has 1 aromatic carbocycles. The molecule has 0 unspecified atom stereocenters. The predicted octanol–water partition coefficient (Wildman–Crippen LogP) is 1.40. The Balaban J connectivity index is 1.45. The molecule has 0 bridgehead atoms. The van der Waals surface area contributed by atoms with Gasteiger partial charge in [0, 0.05) is 36.3 Å². The van der Waals surface area contributed by atoms with E-state index in [1.807, 2.05) is 0 Å². The topological polar surface area (TPSA) is 147 Å². The van der Waals surface area contributed by atoms with Crippen LogP contribution in [0.25, 0.3) is 0 Å². The lowest BCUT2D eigenvalue weighted by Gasteiger charge is -2.33. The third-order valence-corrected chi connectivity index (χ3v) is 6.12. The van der Waals surface area contributed by atoms with Crippen LogP contribution in [0, 0.1) is 12.8 Å². The van der Waals surface area contributed by atoms with E-state index >= 15 is 0 Å². The van der Waals surface area contributed by atoms with Gasteiger partial charge in [-0.1, -0.05) is 6.07 Å². The fraction of sp³-hybridized carbons (Fsp3) is 0.350. The predicted molar refractivity (Wildman–Crippen MR) is 114 cm³/mol. The largest absolute Gasteiger partial charge is 0.493 e. The number of piperidine rings is 1. The first kappa shape index (κ1) is 20.9. The van der Waals surface area contributed by atoms with Gasteiger partial charge in [0.15, 0.2) is 5.84 Å². The first-order chi connectivity index (χ1) is 14.7. The third kappa shape index (κ3) is 4.55. The molecule has 1 amide bonds. The van der Waals surface area contributed by atoms with Crippen molar-refractivity contribution in [2.24, 2.45) is 16.0 Å². The van der Waals surface area contributed by atoms with E-state index in [2.05, 4.69) is 14.1 Å². The molecule has 3 heterocycles. The molecular weight excluding hydrogens is 422 g/mol. The van der Waals surface area contributed by atoms with Gasteiger partial charge in [-0.15, -0.1) is 4.40 Å². The van der Waals surface area contributed by atoms with E-state index in [9.17, 15) is 18.3 Å². The molecule has 2 aromatic rings. The van der Waals surface area contributed by atoms with Gasteiger partial charge in [0.1, 0.15) is 5.75 Å². The number of carbonyl (C=O) groups excluding carboxylic acids is 1.